The van der Waals surface area contributed by atoms with E-state index in [-0.39, 0.29) is 27.7 Å². The molecular formula is C27H34O3. The van der Waals surface area contributed by atoms with Gasteiger partial charge in [0.2, 0.25) is 0 Å². The number of benzene rings is 2. The van der Waals surface area contributed by atoms with E-state index in [4.69, 9.17) is 0 Å². The predicted molar refractivity (Wildman–Crippen MR) is 122 cm³/mol. The Balaban J connectivity index is 2.22. The van der Waals surface area contributed by atoms with Crippen LogP contribution in [0.4, 0.5) is 0 Å². The SMILES string of the molecule is CCC1C(CC)(CC)c2ccc(C(=O)c3ccccc3C(=O)O)cc2C1(CC)CC. The summed E-state index contributed by atoms with van der Waals surface area (Å²) in [4.78, 5) is 25.0. The molecule has 0 saturated carbocycles. The highest BCUT2D eigenvalue weighted by atomic mass is 16.4. The summed E-state index contributed by atoms with van der Waals surface area (Å²) in [6.45, 7) is 11.4. The fourth-order valence-electron chi connectivity index (χ4n) is 6.49. The minimum Gasteiger partial charge on any atom is -0.478 e. The van der Waals surface area contributed by atoms with Crippen LogP contribution in [0.3, 0.4) is 0 Å². The van der Waals surface area contributed by atoms with E-state index in [1.54, 1.807) is 18.2 Å². The van der Waals surface area contributed by atoms with Gasteiger partial charge in [0, 0.05) is 11.1 Å². The molecule has 1 N–H and O–H groups in total. The van der Waals surface area contributed by atoms with Gasteiger partial charge in [0.05, 0.1) is 5.56 Å². The van der Waals surface area contributed by atoms with Crippen LogP contribution in [0.2, 0.25) is 0 Å². The zero-order valence-electron chi connectivity index (χ0n) is 18.9. The lowest BCUT2D eigenvalue weighted by molar-refractivity contribution is 0.0693. The fraction of sp³-hybridized carbons (Fsp3) is 0.481. The molecule has 3 heteroatoms. The number of carboxylic acids is 1. The number of carboxylic acid groups (broad SMARTS) is 1. The third kappa shape index (κ3) is 3.02. The number of aromatic carboxylic acids is 1. The van der Waals surface area contributed by atoms with Gasteiger partial charge in [-0.05, 0) is 65.7 Å². The molecule has 0 heterocycles. The van der Waals surface area contributed by atoms with Crippen molar-refractivity contribution in [2.75, 3.05) is 0 Å². The first-order valence-corrected chi connectivity index (χ1v) is 11.4. The van der Waals surface area contributed by atoms with E-state index < -0.39 is 5.97 Å². The van der Waals surface area contributed by atoms with Crippen LogP contribution in [-0.4, -0.2) is 16.9 Å². The van der Waals surface area contributed by atoms with Crippen molar-refractivity contribution in [2.45, 2.75) is 77.6 Å². The molecule has 0 aliphatic heterocycles. The van der Waals surface area contributed by atoms with Gasteiger partial charge in [-0.15, -0.1) is 0 Å². The molecule has 0 spiro atoms. The summed E-state index contributed by atoms with van der Waals surface area (Å²) in [5.74, 6) is -0.740. The van der Waals surface area contributed by atoms with Gasteiger partial charge in [-0.1, -0.05) is 71.4 Å². The van der Waals surface area contributed by atoms with Crippen LogP contribution >= 0.6 is 0 Å². The highest BCUT2D eigenvalue weighted by Crippen LogP contribution is 2.61. The number of ketones is 1. The summed E-state index contributed by atoms with van der Waals surface area (Å²) in [7, 11) is 0. The first-order valence-electron chi connectivity index (χ1n) is 11.4. The van der Waals surface area contributed by atoms with Crippen molar-refractivity contribution in [1.29, 1.82) is 0 Å². The molecular weight excluding hydrogens is 372 g/mol. The van der Waals surface area contributed by atoms with Crippen molar-refractivity contribution in [3.05, 3.63) is 70.3 Å². The maximum atomic E-state index is 13.3. The summed E-state index contributed by atoms with van der Waals surface area (Å²) in [5.41, 5.74) is 3.79. The molecule has 3 rings (SSSR count). The van der Waals surface area contributed by atoms with Gasteiger partial charge in [-0.25, -0.2) is 4.79 Å². The number of hydrogen-bond donors (Lipinski definition) is 1. The topological polar surface area (TPSA) is 54.4 Å². The van der Waals surface area contributed by atoms with Crippen LogP contribution in [0.5, 0.6) is 0 Å². The summed E-state index contributed by atoms with van der Waals surface area (Å²) in [6, 6.07) is 12.6. The van der Waals surface area contributed by atoms with Crippen molar-refractivity contribution in [3.63, 3.8) is 0 Å². The Hall–Kier alpha value is -2.42. The molecule has 0 saturated heterocycles. The van der Waals surface area contributed by atoms with Gasteiger partial charge in [0.15, 0.2) is 5.78 Å². The molecule has 160 valence electrons. The highest BCUT2D eigenvalue weighted by Gasteiger charge is 2.55. The molecule has 0 radical (unpaired) electrons. The van der Waals surface area contributed by atoms with E-state index in [2.05, 4.69) is 46.8 Å². The van der Waals surface area contributed by atoms with Crippen LogP contribution in [0.25, 0.3) is 0 Å². The van der Waals surface area contributed by atoms with Crippen molar-refractivity contribution in [1.82, 2.24) is 0 Å². The quantitative estimate of drug-likeness (QED) is 0.492. The first kappa shape index (κ1) is 22.3. The van der Waals surface area contributed by atoms with Gasteiger partial charge in [0.25, 0.3) is 0 Å². The van der Waals surface area contributed by atoms with E-state index in [1.807, 2.05) is 6.07 Å². The lowest BCUT2D eigenvalue weighted by Crippen LogP contribution is -2.39. The minimum atomic E-state index is -1.07. The van der Waals surface area contributed by atoms with E-state index in [9.17, 15) is 14.7 Å². The third-order valence-corrected chi connectivity index (χ3v) is 8.02. The molecule has 30 heavy (non-hydrogen) atoms. The molecule has 2 aromatic carbocycles. The molecule has 1 aliphatic rings. The maximum Gasteiger partial charge on any atom is 0.336 e. The molecule has 2 aromatic rings. The van der Waals surface area contributed by atoms with Crippen molar-refractivity contribution < 1.29 is 14.7 Å². The van der Waals surface area contributed by atoms with Crippen LogP contribution < -0.4 is 0 Å². The second-order valence-electron chi connectivity index (χ2n) is 8.63. The molecule has 0 amide bonds. The minimum absolute atomic E-state index is 0.0543. The zero-order valence-corrected chi connectivity index (χ0v) is 18.9. The number of carbonyl (C=O) groups is 2. The third-order valence-electron chi connectivity index (χ3n) is 8.02. The average molecular weight is 407 g/mol. The Bertz CT molecular complexity index is 948. The lowest BCUT2D eigenvalue weighted by Gasteiger charge is -2.42. The molecule has 0 fully saturated rings. The van der Waals surface area contributed by atoms with Gasteiger partial charge in [0.1, 0.15) is 0 Å². The number of fused-ring (bicyclic) bond motifs is 1. The summed E-state index contributed by atoms with van der Waals surface area (Å²) in [6.07, 6.45) is 5.38. The highest BCUT2D eigenvalue weighted by molar-refractivity contribution is 6.14. The fourth-order valence-corrected chi connectivity index (χ4v) is 6.49. The van der Waals surface area contributed by atoms with Crippen molar-refractivity contribution in [3.8, 4) is 0 Å². The molecule has 1 atom stereocenters. The Labute approximate surface area is 180 Å². The largest absolute Gasteiger partial charge is 0.478 e. The number of rotatable bonds is 8. The van der Waals surface area contributed by atoms with Gasteiger partial charge >= 0.3 is 5.97 Å². The van der Waals surface area contributed by atoms with Crippen molar-refractivity contribution >= 4 is 11.8 Å². The Morgan fingerprint density at radius 3 is 1.83 bits per heavy atom. The van der Waals surface area contributed by atoms with E-state index >= 15 is 0 Å². The first-order chi connectivity index (χ1) is 14.4. The second-order valence-corrected chi connectivity index (χ2v) is 8.63. The smallest absolute Gasteiger partial charge is 0.336 e. The van der Waals surface area contributed by atoms with E-state index in [0.717, 1.165) is 32.1 Å². The van der Waals surface area contributed by atoms with Gasteiger partial charge in [-0.3, -0.25) is 4.79 Å². The van der Waals surface area contributed by atoms with Gasteiger partial charge < -0.3 is 5.11 Å². The maximum absolute atomic E-state index is 13.3. The summed E-state index contributed by atoms with van der Waals surface area (Å²) < 4.78 is 0. The molecule has 0 aromatic heterocycles. The van der Waals surface area contributed by atoms with Crippen LogP contribution in [-0.2, 0) is 10.8 Å². The Kier molecular flexibility index (Phi) is 6.21. The average Bonchev–Trinajstić information content (AvgIpc) is 3.03. The molecule has 0 bridgehead atoms. The van der Waals surface area contributed by atoms with E-state index in [0.29, 0.717) is 11.5 Å². The Morgan fingerprint density at radius 2 is 1.33 bits per heavy atom. The van der Waals surface area contributed by atoms with Crippen LogP contribution in [0.1, 0.15) is 104 Å². The number of hydrogen-bond acceptors (Lipinski definition) is 2. The normalized spacial score (nSPS) is 18.8. The van der Waals surface area contributed by atoms with Crippen molar-refractivity contribution in [2.24, 2.45) is 5.92 Å². The molecule has 3 nitrogen and oxygen atoms in total. The molecule has 1 aliphatic carbocycles. The zero-order chi connectivity index (χ0) is 22.1. The number of carbonyl (C=O) groups excluding carboxylic acids is 1. The predicted octanol–water partition coefficient (Wildman–Crippen LogP) is 6.77. The monoisotopic (exact) mass is 406 g/mol. The van der Waals surface area contributed by atoms with E-state index in [1.165, 1.54) is 17.2 Å². The summed E-state index contributed by atoms with van der Waals surface area (Å²) >= 11 is 0. The standard InChI is InChI=1S/C27H34O3/c1-6-23-26(7-2,8-3)21-16-15-18(17-22(21)27(23,9-4)10-5)24(28)19-13-11-12-14-20(19)25(29)30/h11-17,23H,6-10H2,1-5H3,(H,29,30). The lowest BCUT2D eigenvalue weighted by atomic mass is 9.61. The van der Waals surface area contributed by atoms with Crippen LogP contribution in [0.15, 0.2) is 42.5 Å². The second kappa shape index (κ2) is 8.37. The Morgan fingerprint density at radius 1 is 0.800 bits per heavy atom. The van der Waals surface area contributed by atoms with Crippen LogP contribution in [0, 0.1) is 5.92 Å². The summed E-state index contributed by atoms with van der Waals surface area (Å²) in [5, 5.41) is 9.52. The van der Waals surface area contributed by atoms with Gasteiger partial charge in [-0.2, -0.15) is 0 Å². The molecule has 1 unspecified atom stereocenters.